The van der Waals surface area contributed by atoms with Crippen molar-refractivity contribution < 1.29 is 8.42 Å². The summed E-state index contributed by atoms with van der Waals surface area (Å²) in [5.74, 6) is 5.27. The Morgan fingerprint density at radius 2 is 2.05 bits per heavy atom. The van der Waals surface area contributed by atoms with Gasteiger partial charge in [-0.1, -0.05) is 12.1 Å². The molecular weight excluding hydrogens is 358 g/mol. The smallest absolute Gasteiger partial charge is 0.265 e. The first-order chi connectivity index (χ1) is 9.97. The number of nitrogens with zero attached hydrogens (tertiary/aromatic N) is 2. The van der Waals surface area contributed by atoms with Crippen molar-refractivity contribution >= 4 is 37.5 Å². The molecule has 7 nitrogen and oxygen atoms in total. The molecule has 9 heteroatoms. The Bertz CT molecular complexity index is 817. The second-order valence-electron chi connectivity index (χ2n) is 3.91. The highest BCUT2D eigenvalue weighted by Crippen LogP contribution is 2.25. The van der Waals surface area contributed by atoms with E-state index in [1.165, 1.54) is 24.4 Å². The monoisotopic (exact) mass is 367 g/mol. The minimum atomic E-state index is -3.95. The zero-order valence-corrected chi connectivity index (χ0v) is 12.9. The molecule has 0 saturated carbocycles. The van der Waals surface area contributed by atoms with E-state index in [4.69, 9.17) is 11.1 Å². The molecule has 2 aromatic rings. The normalized spacial score (nSPS) is 10.7. The number of hydrogen-bond donors (Lipinski definition) is 3. The predicted molar refractivity (Wildman–Crippen MR) is 81.7 cm³/mol. The average molecular weight is 368 g/mol. The fourth-order valence-corrected chi connectivity index (χ4v) is 3.31. The quantitative estimate of drug-likeness (QED) is 0.559. The van der Waals surface area contributed by atoms with Crippen molar-refractivity contribution in [1.29, 1.82) is 5.26 Å². The van der Waals surface area contributed by atoms with Crippen molar-refractivity contribution in [3.63, 3.8) is 0 Å². The van der Waals surface area contributed by atoms with E-state index < -0.39 is 10.0 Å². The van der Waals surface area contributed by atoms with Crippen molar-refractivity contribution in [3.05, 3.63) is 46.6 Å². The van der Waals surface area contributed by atoms with Crippen molar-refractivity contribution in [2.24, 2.45) is 5.84 Å². The molecule has 0 spiro atoms. The van der Waals surface area contributed by atoms with Crippen LogP contribution in [-0.2, 0) is 10.0 Å². The van der Waals surface area contributed by atoms with Crippen LogP contribution in [0.4, 0.5) is 11.5 Å². The lowest BCUT2D eigenvalue weighted by Gasteiger charge is -2.12. The summed E-state index contributed by atoms with van der Waals surface area (Å²) in [6, 6.07) is 9.56. The van der Waals surface area contributed by atoms with Gasteiger partial charge < -0.3 is 5.43 Å². The second kappa shape index (κ2) is 6.09. The van der Waals surface area contributed by atoms with Gasteiger partial charge >= 0.3 is 0 Å². The van der Waals surface area contributed by atoms with Gasteiger partial charge in [-0.25, -0.2) is 19.2 Å². The molecule has 1 heterocycles. The van der Waals surface area contributed by atoms with Crippen LogP contribution in [0.5, 0.6) is 0 Å². The van der Waals surface area contributed by atoms with Crippen LogP contribution in [0.25, 0.3) is 0 Å². The molecule has 1 aromatic carbocycles. The lowest BCUT2D eigenvalue weighted by atomic mass is 10.2. The number of benzene rings is 1. The Balaban J connectivity index is 2.49. The van der Waals surface area contributed by atoms with Crippen LogP contribution < -0.4 is 16.0 Å². The Labute approximate surface area is 130 Å². The fraction of sp³-hybridized carbons (Fsp3) is 0. The summed E-state index contributed by atoms with van der Waals surface area (Å²) in [7, 11) is -3.95. The van der Waals surface area contributed by atoms with Crippen LogP contribution in [0.1, 0.15) is 5.56 Å². The van der Waals surface area contributed by atoms with Gasteiger partial charge in [0.2, 0.25) is 0 Å². The van der Waals surface area contributed by atoms with Gasteiger partial charge in [-0.05, 0) is 34.1 Å². The Morgan fingerprint density at radius 1 is 1.33 bits per heavy atom. The minimum absolute atomic E-state index is 0.000128. The van der Waals surface area contributed by atoms with E-state index in [1.54, 1.807) is 12.1 Å². The van der Waals surface area contributed by atoms with Crippen molar-refractivity contribution in [1.82, 2.24) is 4.98 Å². The van der Waals surface area contributed by atoms with Crippen LogP contribution in [0.2, 0.25) is 0 Å². The van der Waals surface area contributed by atoms with E-state index in [9.17, 15) is 8.42 Å². The SMILES string of the molecule is N#Cc1ccccc1NS(=O)(=O)c1cc(Br)cnc1NN. The molecule has 0 fully saturated rings. The Morgan fingerprint density at radius 3 is 2.71 bits per heavy atom. The molecule has 0 radical (unpaired) electrons. The zero-order chi connectivity index (χ0) is 15.5. The summed E-state index contributed by atoms with van der Waals surface area (Å²) in [6.07, 6.45) is 1.41. The van der Waals surface area contributed by atoms with Crippen LogP contribution in [0.3, 0.4) is 0 Å². The molecule has 0 saturated heterocycles. The number of hydrazine groups is 1. The van der Waals surface area contributed by atoms with Crippen LogP contribution in [0.15, 0.2) is 45.9 Å². The number of aromatic nitrogens is 1. The topological polar surface area (TPSA) is 121 Å². The minimum Gasteiger partial charge on any atom is -0.307 e. The molecule has 2 rings (SSSR count). The van der Waals surface area contributed by atoms with E-state index in [1.807, 2.05) is 6.07 Å². The number of sulfonamides is 1. The summed E-state index contributed by atoms with van der Waals surface area (Å²) < 4.78 is 27.7. The third kappa shape index (κ3) is 3.30. The average Bonchev–Trinajstić information content (AvgIpc) is 2.47. The van der Waals surface area contributed by atoms with Gasteiger partial charge in [0.15, 0.2) is 5.82 Å². The maximum absolute atomic E-state index is 12.4. The molecule has 0 atom stereocenters. The van der Waals surface area contributed by atoms with Gasteiger partial charge in [0.05, 0.1) is 11.3 Å². The molecule has 0 aliphatic carbocycles. The summed E-state index contributed by atoms with van der Waals surface area (Å²) in [6.45, 7) is 0. The number of hydrogen-bond acceptors (Lipinski definition) is 6. The predicted octanol–water partition coefficient (Wildman–Crippen LogP) is 1.80. The van der Waals surface area contributed by atoms with Gasteiger partial charge in [0.25, 0.3) is 10.0 Å². The van der Waals surface area contributed by atoms with Crippen LogP contribution in [-0.4, -0.2) is 13.4 Å². The van der Waals surface area contributed by atoms with Crippen molar-refractivity contribution in [2.75, 3.05) is 10.1 Å². The van der Waals surface area contributed by atoms with E-state index in [-0.39, 0.29) is 22.0 Å². The maximum Gasteiger partial charge on any atom is 0.265 e. The van der Waals surface area contributed by atoms with Gasteiger partial charge in [-0.15, -0.1) is 0 Å². The van der Waals surface area contributed by atoms with Gasteiger partial charge in [-0.2, -0.15) is 5.26 Å². The molecule has 0 bridgehead atoms. The number of anilines is 2. The number of nitrogens with two attached hydrogens (primary N) is 1. The fourth-order valence-electron chi connectivity index (χ4n) is 1.60. The van der Waals surface area contributed by atoms with E-state index in [2.05, 4.69) is 31.1 Å². The lowest BCUT2D eigenvalue weighted by molar-refractivity contribution is 0.601. The van der Waals surface area contributed by atoms with Gasteiger partial charge in [0.1, 0.15) is 11.0 Å². The van der Waals surface area contributed by atoms with Crippen molar-refractivity contribution in [3.8, 4) is 6.07 Å². The lowest BCUT2D eigenvalue weighted by Crippen LogP contribution is -2.19. The highest BCUT2D eigenvalue weighted by molar-refractivity contribution is 9.10. The van der Waals surface area contributed by atoms with E-state index in [0.29, 0.717) is 4.47 Å². The van der Waals surface area contributed by atoms with Crippen LogP contribution in [0, 0.1) is 11.3 Å². The summed E-state index contributed by atoms with van der Waals surface area (Å²) in [4.78, 5) is 3.75. The Hall–Kier alpha value is -2.15. The Kier molecular flexibility index (Phi) is 4.42. The number of nitrogens with one attached hydrogen (secondary N) is 2. The first-order valence-corrected chi connectivity index (χ1v) is 7.89. The van der Waals surface area contributed by atoms with Crippen LogP contribution >= 0.6 is 15.9 Å². The largest absolute Gasteiger partial charge is 0.307 e. The van der Waals surface area contributed by atoms with E-state index in [0.717, 1.165) is 0 Å². The third-order valence-electron chi connectivity index (χ3n) is 2.54. The number of halogens is 1. The maximum atomic E-state index is 12.4. The summed E-state index contributed by atoms with van der Waals surface area (Å²) in [5, 5.41) is 8.99. The molecule has 108 valence electrons. The highest BCUT2D eigenvalue weighted by Gasteiger charge is 2.21. The van der Waals surface area contributed by atoms with E-state index >= 15 is 0 Å². The second-order valence-corrected chi connectivity index (χ2v) is 6.47. The standard InChI is InChI=1S/C12H10BrN5O2S/c13-9-5-11(12(17-15)16-7-9)21(19,20)18-10-4-2-1-3-8(10)6-14/h1-5,7,18H,15H2,(H,16,17). The summed E-state index contributed by atoms with van der Waals surface area (Å²) >= 11 is 3.16. The molecule has 0 amide bonds. The third-order valence-corrected chi connectivity index (χ3v) is 4.35. The molecular formula is C12H10BrN5O2S. The number of pyridine rings is 1. The zero-order valence-electron chi connectivity index (χ0n) is 10.5. The number of para-hydroxylation sites is 1. The first kappa shape index (κ1) is 15.2. The molecule has 1 aromatic heterocycles. The molecule has 0 unspecified atom stereocenters. The number of nitrogen functional groups attached to an aromatic ring is 1. The summed E-state index contributed by atoms with van der Waals surface area (Å²) in [5.41, 5.74) is 2.62. The number of nitriles is 1. The van der Waals surface area contributed by atoms with Crippen molar-refractivity contribution in [2.45, 2.75) is 4.90 Å². The first-order valence-electron chi connectivity index (χ1n) is 5.62. The van der Waals surface area contributed by atoms with Gasteiger partial charge in [-0.3, -0.25) is 4.72 Å². The molecule has 21 heavy (non-hydrogen) atoms. The molecule has 0 aliphatic heterocycles. The molecule has 4 N–H and O–H groups in total. The highest BCUT2D eigenvalue weighted by atomic mass is 79.9. The van der Waals surface area contributed by atoms with Gasteiger partial charge in [0, 0.05) is 10.7 Å². The number of rotatable bonds is 4. The molecule has 0 aliphatic rings.